The molecule has 0 spiro atoms. The second-order valence-electron chi connectivity index (χ2n) is 3.03. The van der Waals surface area contributed by atoms with Gasteiger partial charge in [-0.15, -0.1) is 0 Å². The number of nitrogens with one attached hydrogen (secondary N) is 2. The highest BCUT2D eigenvalue weighted by molar-refractivity contribution is 7.89. The minimum absolute atomic E-state index is 0.00666. The van der Waals surface area contributed by atoms with E-state index in [0.29, 0.717) is 5.82 Å². The molecule has 0 saturated carbocycles. The normalized spacial score (nSPS) is 11.5. The van der Waals surface area contributed by atoms with Gasteiger partial charge in [-0.3, -0.25) is 5.10 Å². The van der Waals surface area contributed by atoms with Crippen molar-refractivity contribution >= 4 is 16.0 Å². The standard InChI is InChI=1S/C7H9N7O2S/c8-7-9-1-5(2-10-7)17(15,16)13-3-6-11-4-12-14-6/h1-2,4,13H,3H2,(H2,8,9,10)(H,11,12,14). The third-order valence-electron chi connectivity index (χ3n) is 1.85. The van der Waals surface area contributed by atoms with Crippen molar-refractivity contribution in [3.8, 4) is 0 Å². The summed E-state index contributed by atoms with van der Waals surface area (Å²) in [5, 5.41) is 6.13. The van der Waals surface area contributed by atoms with Gasteiger partial charge in [0.2, 0.25) is 16.0 Å². The van der Waals surface area contributed by atoms with Crippen molar-refractivity contribution in [1.29, 1.82) is 0 Å². The molecule has 0 unspecified atom stereocenters. The van der Waals surface area contributed by atoms with Crippen molar-refractivity contribution in [2.45, 2.75) is 11.4 Å². The van der Waals surface area contributed by atoms with E-state index in [2.05, 4.69) is 29.9 Å². The van der Waals surface area contributed by atoms with Crippen LogP contribution in [0.4, 0.5) is 5.95 Å². The summed E-state index contributed by atoms with van der Waals surface area (Å²) in [7, 11) is -3.67. The minimum Gasteiger partial charge on any atom is -0.368 e. The molecule has 0 aliphatic heterocycles. The van der Waals surface area contributed by atoms with Crippen LogP contribution in [0.1, 0.15) is 5.82 Å². The zero-order chi connectivity index (χ0) is 12.3. The third kappa shape index (κ3) is 2.73. The molecule has 0 saturated heterocycles. The monoisotopic (exact) mass is 255 g/mol. The van der Waals surface area contributed by atoms with Gasteiger partial charge in [0.15, 0.2) is 0 Å². The quantitative estimate of drug-likeness (QED) is 0.613. The molecular weight excluding hydrogens is 246 g/mol. The summed E-state index contributed by atoms with van der Waals surface area (Å²) in [6.45, 7) is 0.00666. The molecule has 0 radical (unpaired) electrons. The maximum atomic E-state index is 11.7. The number of aromatic nitrogens is 5. The number of aromatic amines is 1. The van der Waals surface area contributed by atoms with Crippen molar-refractivity contribution < 1.29 is 8.42 Å². The lowest BCUT2D eigenvalue weighted by Gasteiger charge is -2.04. The van der Waals surface area contributed by atoms with Gasteiger partial charge in [0.05, 0.1) is 18.9 Å². The van der Waals surface area contributed by atoms with Crippen LogP contribution in [0.25, 0.3) is 0 Å². The summed E-state index contributed by atoms with van der Waals surface area (Å²) in [5.74, 6) is 0.420. The van der Waals surface area contributed by atoms with E-state index in [1.807, 2.05) is 0 Å². The van der Waals surface area contributed by atoms with E-state index >= 15 is 0 Å². The highest BCUT2D eigenvalue weighted by Crippen LogP contribution is 2.06. The number of nitrogens with zero attached hydrogens (tertiary/aromatic N) is 4. The fourth-order valence-corrected chi connectivity index (χ4v) is 1.90. The van der Waals surface area contributed by atoms with Gasteiger partial charge >= 0.3 is 0 Å². The van der Waals surface area contributed by atoms with Crippen molar-refractivity contribution in [3.05, 3.63) is 24.5 Å². The smallest absolute Gasteiger partial charge is 0.244 e. The number of rotatable bonds is 4. The average Bonchev–Trinajstić information content (AvgIpc) is 2.80. The Kier molecular flexibility index (Phi) is 2.97. The zero-order valence-electron chi connectivity index (χ0n) is 8.53. The summed E-state index contributed by atoms with van der Waals surface area (Å²) < 4.78 is 25.8. The molecule has 0 aromatic carbocycles. The molecule has 2 aromatic rings. The summed E-state index contributed by atoms with van der Waals surface area (Å²) >= 11 is 0. The van der Waals surface area contributed by atoms with E-state index in [1.165, 1.54) is 6.33 Å². The Morgan fingerprint density at radius 3 is 2.59 bits per heavy atom. The first-order valence-corrected chi connectivity index (χ1v) is 5.98. The van der Waals surface area contributed by atoms with Gasteiger partial charge in [-0.25, -0.2) is 28.1 Å². The number of hydrogen-bond donors (Lipinski definition) is 3. The first kappa shape index (κ1) is 11.4. The molecule has 0 bridgehead atoms. The van der Waals surface area contributed by atoms with Crippen LogP contribution in [0.15, 0.2) is 23.6 Å². The lowest BCUT2D eigenvalue weighted by atomic mass is 10.6. The Morgan fingerprint density at radius 1 is 1.29 bits per heavy atom. The van der Waals surface area contributed by atoms with E-state index in [9.17, 15) is 8.42 Å². The predicted molar refractivity (Wildman–Crippen MR) is 56.9 cm³/mol. The summed E-state index contributed by atoms with van der Waals surface area (Å²) in [6.07, 6.45) is 3.55. The highest BCUT2D eigenvalue weighted by Gasteiger charge is 2.15. The number of nitrogen functional groups attached to an aromatic ring is 1. The Morgan fingerprint density at radius 2 is 2.00 bits per heavy atom. The first-order valence-electron chi connectivity index (χ1n) is 4.49. The fourth-order valence-electron chi connectivity index (χ4n) is 1.03. The number of anilines is 1. The number of sulfonamides is 1. The molecule has 10 heteroatoms. The topological polar surface area (TPSA) is 140 Å². The summed E-state index contributed by atoms with van der Waals surface area (Å²) in [4.78, 5) is 10.9. The fraction of sp³-hybridized carbons (Fsp3) is 0.143. The van der Waals surface area contributed by atoms with Crippen molar-refractivity contribution in [2.75, 3.05) is 5.73 Å². The van der Waals surface area contributed by atoms with Gasteiger partial charge in [-0.1, -0.05) is 0 Å². The van der Waals surface area contributed by atoms with E-state index in [0.717, 1.165) is 12.4 Å². The highest BCUT2D eigenvalue weighted by atomic mass is 32.2. The Bertz CT molecular complexity index is 577. The van der Waals surface area contributed by atoms with Crippen LogP contribution in [0.3, 0.4) is 0 Å². The van der Waals surface area contributed by atoms with Gasteiger partial charge < -0.3 is 5.73 Å². The molecule has 90 valence electrons. The molecule has 0 atom stereocenters. The lowest BCUT2D eigenvalue weighted by Crippen LogP contribution is -2.24. The zero-order valence-corrected chi connectivity index (χ0v) is 9.35. The molecule has 0 aliphatic rings. The summed E-state index contributed by atoms with van der Waals surface area (Å²) in [6, 6.07) is 0. The third-order valence-corrected chi connectivity index (χ3v) is 3.21. The molecule has 2 heterocycles. The average molecular weight is 255 g/mol. The van der Waals surface area contributed by atoms with Crippen molar-refractivity contribution in [1.82, 2.24) is 29.9 Å². The second-order valence-corrected chi connectivity index (χ2v) is 4.80. The largest absolute Gasteiger partial charge is 0.368 e. The second kappa shape index (κ2) is 4.43. The molecule has 0 aliphatic carbocycles. The number of nitrogens with two attached hydrogens (primary N) is 1. The SMILES string of the molecule is Nc1ncc(S(=O)(=O)NCc2ncn[nH]2)cn1. The van der Waals surface area contributed by atoms with Gasteiger partial charge in [-0.2, -0.15) is 5.10 Å². The molecule has 0 fully saturated rings. The van der Waals surface area contributed by atoms with Crippen LogP contribution in [-0.2, 0) is 16.6 Å². The molecule has 9 nitrogen and oxygen atoms in total. The van der Waals surface area contributed by atoms with E-state index in [4.69, 9.17) is 5.73 Å². The molecular formula is C7H9N7O2S. The van der Waals surface area contributed by atoms with Gasteiger partial charge in [0, 0.05) is 0 Å². The molecule has 2 rings (SSSR count). The molecule has 4 N–H and O–H groups in total. The molecule has 2 aromatic heterocycles. The maximum Gasteiger partial charge on any atom is 0.244 e. The van der Waals surface area contributed by atoms with E-state index < -0.39 is 10.0 Å². The Balaban J connectivity index is 2.11. The van der Waals surface area contributed by atoms with Crippen LogP contribution in [-0.4, -0.2) is 33.6 Å². The minimum atomic E-state index is -3.67. The van der Waals surface area contributed by atoms with Crippen molar-refractivity contribution in [3.63, 3.8) is 0 Å². The van der Waals surface area contributed by atoms with Crippen LogP contribution in [0, 0.1) is 0 Å². The number of hydrogen-bond acceptors (Lipinski definition) is 7. The lowest BCUT2D eigenvalue weighted by molar-refractivity contribution is 0.578. The van der Waals surface area contributed by atoms with Crippen LogP contribution < -0.4 is 10.5 Å². The Hall–Kier alpha value is -2.07. The number of H-pyrrole nitrogens is 1. The summed E-state index contributed by atoms with van der Waals surface area (Å²) in [5.41, 5.74) is 5.26. The van der Waals surface area contributed by atoms with Crippen LogP contribution in [0.5, 0.6) is 0 Å². The predicted octanol–water partition coefficient (Wildman–Crippen LogP) is -1.34. The first-order chi connectivity index (χ1) is 8.08. The van der Waals surface area contributed by atoms with E-state index in [-0.39, 0.29) is 17.4 Å². The van der Waals surface area contributed by atoms with Gasteiger partial charge in [0.25, 0.3) is 0 Å². The van der Waals surface area contributed by atoms with Crippen molar-refractivity contribution in [2.24, 2.45) is 0 Å². The van der Waals surface area contributed by atoms with Gasteiger partial charge in [-0.05, 0) is 0 Å². The molecule has 0 amide bonds. The molecule has 17 heavy (non-hydrogen) atoms. The van der Waals surface area contributed by atoms with Crippen LogP contribution in [0.2, 0.25) is 0 Å². The van der Waals surface area contributed by atoms with Gasteiger partial charge in [0.1, 0.15) is 17.0 Å². The Labute approximate surface area is 96.6 Å². The van der Waals surface area contributed by atoms with Crippen LogP contribution >= 0.6 is 0 Å². The van der Waals surface area contributed by atoms with E-state index in [1.54, 1.807) is 0 Å². The maximum absolute atomic E-state index is 11.7.